The van der Waals surface area contributed by atoms with E-state index in [0.717, 1.165) is 24.4 Å². The van der Waals surface area contributed by atoms with Crippen LogP contribution in [0.5, 0.6) is 0 Å². The average molecular weight is 314 g/mol. The maximum Gasteiger partial charge on any atom is 0.223 e. The van der Waals surface area contributed by atoms with Crippen molar-refractivity contribution in [3.05, 3.63) is 52.5 Å². The number of carbonyl (C=O) groups is 1. The number of hydrogen-bond donors (Lipinski definition) is 0. The van der Waals surface area contributed by atoms with Crippen LogP contribution in [-0.4, -0.2) is 22.3 Å². The molecule has 1 aromatic carbocycles. The second kappa shape index (κ2) is 7.05. The number of carbonyl (C=O) groups excluding carboxylic acids is 1. The molecule has 1 aliphatic rings. The zero-order valence-electron chi connectivity index (χ0n) is 12.9. The molecule has 0 saturated carbocycles. The lowest BCUT2D eigenvalue weighted by Crippen LogP contribution is -2.38. The van der Waals surface area contributed by atoms with Gasteiger partial charge in [-0.15, -0.1) is 11.3 Å². The Bertz CT molecular complexity index is 597. The Labute approximate surface area is 136 Å². The summed E-state index contributed by atoms with van der Waals surface area (Å²) in [7, 11) is 0. The Morgan fingerprint density at radius 1 is 1.36 bits per heavy atom. The summed E-state index contributed by atoms with van der Waals surface area (Å²) in [4.78, 5) is 19.3. The maximum absolute atomic E-state index is 12.8. The molecule has 1 saturated heterocycles. The first kappa shape index (κ1) is 15.2. The highest BCUT2D eigenvalue weighted by Gasteiger charge is 2.30. The number of thiazole rings is 1. The Hall–Kier alpha value is -1.68. The molecule has 22 heavy (non-hydrogen) atoms. The predicted molar refractivity (Wildman–Crippen MR) is 89.9 cm³/mol. The summed E-state index contributed by atoms with van der Waals surface area (Å²) in [6, 6.07) is 10.5. The highest BCUT2D eigenvalue weighted by molar-refractivity contribution is 7.09. The van der Waals surface area contributed by atoms with E-state index in [1.807, 2.05) is 29.8 Å². The van der Waals surface area contributed by atoms with E-state index in [-0.39, 0.29) is 17.9 Å². The van der Waals surface area contributed by atoms with E-state index in [1.54, 1.807) is 11.3 Å². The molecule has 1 aliphatic heterocycles. The van der Waals surface area contributed by atoms with Gasteiger partial charge in [0.25, 0.3) is 0 Å². The zero-order chi connectivity index (χ0) is 15.4. The van der Waals surface area contributed by atoms with E-state index in [0.29, 0.717) is 6.42 Å². The van der Waals surface area contributed by atoms with Crippen LogP contribution < -0.4 is 0 Å². The van der Waals surface area contributed by atoms with E-state index < -0.39 is 0 Å². The summed E-state index contributed by atoms with van der Waals surface area (Å²) in [5.74, 6) is 0.517. The van der Waals surface area contributed by atoms with Crippen LogP contribution in [0.2, 0.25) is 0 Å². The molecule has 0 spiro atoms. The topological polar surface area (TPSA) is 33.2 Å². The Kier molecular flexibility index (Phi) is 4.88. The van der Waals surface area contributed by atoms with E-state index in [1.165, 1.54) is 12.0 Å². The summed E-state index contributed by atoms with van der Waals surface area (Å²) in [5.41, 5.74) is 1.23. The van der Waals surface area contributed by atoms with Crippen molar-refractivity contribution >= 4 is 17.2 Å². The molecule has 0 radical (unpaired) electrons. The second-order valence-corrected chi connectivity index (χ2v) is 6.91. The molecule has 3 rings (SSSR count). The smallest absolute Gasteiger partial charge is 0.223 e. The van der Waals surface area contributed by atoms with Crippen LogP contribution in [0, 0.1) is 0 Å². The van der Waals surface area contributed by atoms with Crippen LogP contribution in [0.3, 0.4) is 0 Å². The first-order valence-electron chi connectivity index (χ1n) is 7.99. The summed E-state index contributed by atoms with van der Waals surface area (Å²) in [6.45, 7) is 3.00. The quantitative estimate of drug-likeness (QED) is 0.838. The lowest BCUT2D eigenvalue weighted by Gasteiger charge is -2.35. The predicted octanol–water partition coefficient (Wildman–Crippen LogP) is 4.39. The van der Waals surface area contributed by atoms with Crippen molar-refractivity contribution in [3.8, 4) is 0 Å². The average Bonchev–Trinajstić information content (AvgIpc) is 3.10. The molecule has 2 atom stereocenters. The number of hydrogen-bond acceptors (Lipinski definition) is 3. The van der Waals surface area contributed by atoms with E-state index in [4.69, 9.17) is 0 Å². The molecule has 3 nitrogen and oxygen atoms in total. The SMILES string of the molecule is C[C@@H](CC(=O)N1CCCC[C@H]1c1nccs1)c1ccccc1. The minimum atomic E-state index is 0.184. The largest absolute Gasteiger partial charge is 0.333 e. The first-order chi connectivity index (χ1) is 10.8. The van der Waals surface area contributed by atoms with Gasteiger partial charge in [-0.1, -0.05) is 37.3 Å². The van der Waals surface area contributed by atoms with Crippen molar-refractivity contribution in [2.75, 3.05) is 6.54 Å². The van der Waals surface area contributed by atoms with Crippen LogP contribution >= 0.6 is 11.3 Å². The number of benzene rings is 1. The van der Waals surface area contributed by atoms with E-state index >= 15 is 0 Å². The molecule has 1 fully saturated rings. The van der Waals surface area contributed by atoms with Gasteiger partial charge in [-0.2, -0.15) is 0 Å². The Balaban J connectivity index is 1.70. The summed E-state index contributed by atoms with van der Waals surface area (Å²) in [6.07, 6.45) is 5.74. The van der Waals surface area contributed by atoms with Crippen molar-refractivity contribution in [3.63, 3.8) is 0 Å². The fourth-order valence-electron chi connectivity index (χ4n) is 3.16. The number of piperidine rings is 1. The van der Waals surface area contributed by atoms with Gasteiger partial charge in [-0.25, -0.2) is 4.98 Å². The number of rotatable bonds is 4. The Morgan fingerprint density at radius 2 is 2.18 bits per heavy atom. The van der Waals surface area contributed by atoms with Crippen LogP contribution in [0.1, 0.15) is 55.1 Å². The fraction of sp³-hybridized carbons (Fsp3) is 0.444. The molecule has 1 amide bonds. The van der Waals surface area contributed by atoms with Gasteiger partial charge < -0.3 is 4.90 Å². The van der Waals surface area contributed by atoms with Crippen LogP contribution in [-0.2, 0) is 4.79 Å². The molecule has 0 bridgehead atoms. The van der Waals surface area contributed by atoms with Crippen LogP contribution in [0.15, 0.2) is 41.9 Å². The van der Waals surface area contributed by atoms with E-state index in [9.17, 15) is 4.79 Å². The lowest BCUT2D eigenvalue weighted by molar-refractivity contribution is -0.135. The molecular weight excluding hydrogens is 292 g/mol. The number of nitrogens with zero attached hydrogens (tertiary/aromatic N) is 2. The van der Waals surface area contributed by atoms with Crippen LogP contribution in [0.25, 0.3) is 0 Å². The maximum atomic E-state index is 12.8. The zero-order valence-corrected chi connectivity index (χ0v) is 13.8. The first-order valence-corrected chi connectivity index (χ1v) is 8.87. The third kappa shape index (κ3) is 3.38. The number of aromatic nitrogens is 1. The number of amides is 1. The molecule has 2 aromatic rings. The minimum Gasteiger partial charge on any atom is -0.333 e. The van der Waals surface area contributed by atoms with Gasteiger partial charge in [-0.05, 0) is 30.7 Å². The molecule has 4 heteroatoms. The molecule has 2 heterocycles. The minimum absolute atomic E-state index is 0.184. The molecule has 1 aromatic heterocycles. The summed E-state index contributed by atoms with van der Waals surface area (Å²) >= 11 is 1.66. The van der Waals surface area contributed by atoms with Gasteiger partial charge in [0.05, 0.1) is 6.04 Å². The van der Waals surface area contributed by atoms with Gasteiger partial charge in [0, 0.05) is 24.5 Å². The normalized spacial score (nSPS) is 19.9. The van der Waals surface area contributed by atoms with Crippen molar-refractivity contribution < 1.29 is 4.79 Å². The fourth-order valence-corrected chi connectivity index (χ4v) is 3.95. The van der Waals surface area contributed by atoms with Gasteiger partial charge in [0.15, 0.2) is 0 Å². The third-order valence-corrected chi connectivity index (χ3v) is 5.29. The third-order valence-electron chi connectivity index (χ3n) is 4.41. The van der Waals surface area contributed by atoms with Crippen molar-refractivity contribution in [1.29, 1.82) is 0 Å². The van der Waals surface area contributed by atoms with Crippen molar-refractivity contribution in [2.45, 2.75) is 44.6 Å². The highest BCUT2D eigenvalue weighted by atomic mass is 32.1. The van der Waals surface area contributed by atoms with Gasteiger partial charge in [0.1, 0.15) is 5.01 Å². The number of likely N-dealkylation sites (tertiary alicyclic amines) is 1. The molecule has 116 valence electrons. The van der Waals surface area contributed by atoms with Crippen molar-refractivity contribution in [1.82, 2.24) is 9.88 Å². The van der Waals surface area contributed by atoms with Crippen LogP contribution in [0.4, 0.5) is 0 Å². The standard InChI is InChI=1S/C18H22N2OS/c1-14(15-7-3-2-4-8-15)13-17(21)20-11-6-5-9-16(20)18-19-10-12-22-18/h2-4,7-8,10,12,14,16H,5-6,9,11,13H2,1H3/t14-,16-/m0/s1. The molecular formula is C18H22N2OS. The molecule has 0 unspecified atom stereocenters. The van der Waals surface area contributed by atoms with Gasteiger partial charge in [0.2, 0.25) is 5.91 Å². The molecule has 0 aliphatic carbocycles. The van der Waals surface area contributed by atoms with Gasteiger partial charge in [-0.3, -0.25) is 4.79 Å². The van der Waals surface area contributed by atoms with Crippen molar-refractivity contribution in [2.24, 2.45) is 0 Å². The Morgan fingerprint density at radius 3 is 2.91 bits per heavy atom. The van der Waals surface area contributed by atoms with E-state index in [2.05, 4.69) is 28.9 Å². The monoisotopic (exact) mass is 314 g/mol. The lowest BCUT2D eigenvalue weighted by atomic mass is 9.95. The summed E-state index contributed by atoms with van der Waals surface area (Å²) < 4.78 is 0. The van der Waals surface area contributed by atoms with Gasteiger partial charge >= 0.3 is 0 Å². The summed E-state index contributed by atoms with van der Waals surface area (Å²) in [5, 5.41) is 3.08. The molecule has 0 N–H and O–H groups in total. The highest BCUT2D eigenvalue weighted by Crippen LogP contribution is 2.33. The second-order valence-electron chi connectivity index (χ2n) is 5.98.